The lowest BCUT2D eigenvalue weighted by molar-refractivity contribution is -0.131. The summed E-state index contributed by atoms with van der Waals surface area (Å²) in [5, 5.41) is 8.97. The average molecular weight is 288 g/mol. The van der Waals surface area contributed by atoms with E-state index in [0.717, 1.165) is 11.8 Å². The SMILES string of the molecule is CC(=O)Oc1ccccc1C(=O)Sc1ccc(O)cc1. The lowest BCUT2D eigenvalue weighted by Crippen LogP contribution is -2.05. The Balaban J connectivity index is 2.20. The molecular weight excluding hydrogens is 276 g/mol. The van der Waals surface area contributed by atoms with Gasteiger partial charge >= 0.3 is 5.97 Å². The van der Waals surface area contributed by atoms with E-state index in [1.807, 2.05) is 0 Å². The number of hydrogen-bond donors (Lipinski definition) is 1. The first-order valence-electron chi connectivity index (χ1n) is 5.85. The Morgan fingerprint density at radius 2 is 1.70 bits per heavy atom. The molecule has 0 unspecified atom stereocenters. The molecule has 1 N–H and O–H groups in total. The molecule has 0 heterocycles. The van der Waals surface area contributed by atoms with Crippen LogP contribution in [-0.4, -0.2) is 16.2 Å². The number of aromatic hydroxyl groups is 1. The third kappa shape index (κ3) is 3.61. The third-order valence-corrected chi connectivity index (χ3v) is 3.32. The van der Waals surface area contributed by atoms with Crippen LogP contribution in [0.25, 0.3) is 0 Å². The lowest BCUT2D eigenvalue weighted by Gasteiger charge is -2.07. The van der Waals surface area contributed by atoms with Crippen LogP contribution in [0.3, 0.4) is 0 Å². The molecule has 0 atom stereocenters. The molecule has 0 bridgehead atoms. The van der Waals surface area contributed by atoms with Gasteiger partial charge in [0.25, 0.3) is 0 Å². The summed E-state index contributed by atoms with van der Waals surface area (Å²) >= 11 is 1.01. The Bertz CT molecular complexity index is 635. The van der Waals surface area contributed by atoms with Crippen molar-refractivity contribution in [1.29, 1.82) is 0 Å². The minimum atomic E-state index is -0.472. The molecule has 2 aromatic carbocycles. The molecule has 102 valence electrons. The van der Waals surface area contributed by atoms with E-state index in [1.165, 1.54) is 19.1 Å². The number of carbonyl (C=O) groups is 2. The maximum absolute atomic E-state index is 12.2. The normalized spacial score (nSPS) is 10.1. The van der Waals surface area contributed by atoms with Crippen molar-refractivity contribution in [3.63, 3.8) is 0 Å². The number of phenols is 1. The van der Waals surface area contributed by atoms with Crippen molar-refractivity contribution in [2.75, 3.05) is 0 Å². The quantitative estimate of drug-likeness (QED) is 0.533. The van der Waals surface area contributed by atoms with Gasteiger partial charge < -0.3 is 9.84 Å². The van der Waals surface area contributed by atoms with Crippen LogP contribution in [0.1, 0.15) is 17.3 Å². The topological polar surface area (TPSA) is 63.6 Å². The maximum Gasteiger partial charge on any atom is 0.308 e. The summed E-state index contributed by atoms with van der Waals surface area (Å²) in [7, 11) is 0. The van der Waals surface area contributed by atoms with E-state index in [0.29, 0.717) is 10.5 Å². The molecular formula is C15H12O4S. The Morgan fingerprint density at radius 1 is 1.05 bits per heavy atom. The van der Waals surface area contributed by atoms with E-state index in [-0.39, 0.29) is 16.6 Å². The van der Waals surface area contributed by atoms with Crippen molar-refractivity contribution in [1.82, 2.24) is 0 Å². The summed E-state index contributed by atoms with van der Waals surface area (Å²) in [5.41, 5.74) is 0.334. The van der Waals surface area contributed by atoms with E-state index >= 15 is 0 Å². The highest BCUT2D eigenvalue weighted by Crippen LogP contribution is 2.28. The standard InChI is InChI=1S/C15H12O4S/c1-10(16)19-14-5-3-2-4-13(14)15(18)20-12-8-6-11(17)7-9-12/h2-9,17H,1H3. The molecule has 4 nitrogen and oxygen atoms in total. The average Bonchev–Trinajstić information content (AvgIpc) is 2.41. The number of thioether (sulfide) groups is 1. The zero-order valence-electron chi connectivity index (χ0n) is 10.7. The Hall–Kier alpha value is -2.27. The summed E-state index contributed by atoms with van der Waals surface area (Å²) in [6.07, 6.45) is 0. The predicted octanol–water partition coefficient (Wildman–Crippen LogP) is 3.25. The fourth-order valence-electron chi connectivity index (χ4n) is 1.56. The number of ether oxygens (including phenoxy) is 1. The van der Waals surface area contributed by atoms with Gasteiger partial charge in [-0.05, 0) is 48.2 Å². The first kappa shape index (κ1) is 14.1. The summed E-state index contributed by atoms with van der Waals surface area (Å²) in [6, 6.07) is 12.9. The second-order valence-corrected chi connectivity index (χ2v) is 5.02. The van der Waals surface area contributed by atoms with E-state index in [2.05, 4.69) is 0 Å². The number of esters is 1. The molecule has 0 spiro atoms. The summed E-state index contributed by atoms with van der Waals surface area (Å²) < 4.78 is 5.01. The maximum atomic E-state index is 12.2. The van der Waals surface area contributed by atoms with Gasteiger partial charge in [0, 0.05) is 11.8 Å². The van der Waals surface area contributed by atoms with Gasteiger partial charge in [-0.25, -0.2) is 0 Å². The number of para-hydroxylation sites is 1. The predicted molar refractivity (Wildman–Crippen MR) is 76.0 cm³/mol. The van der Waals surface area contributed by atoms with Crippen molar-refractivity contribution < 1.29 is 19.4 Å². The number of carbonyl (C=O) groups excluding carboxylic acids is 2. The van der Waals surface area contributed by atoms with Gasteiger partial charge in [0.05, 0.1) is 5.56 Å². The molecule has 0 saturated carbocycles. The smallest absolute Gasteiger partial charge is 0.308 e. The van der Waals surface area contributed by atoms with Crippen molar-refractivity contribution in [3.05, 3.63) is 54.1 Å². The molecule has 0 amide bonds. The summed E-state index contributed by atoms with van der Waals surface area (Å²) in [4.78, 5) is 23.9. The lowest BCUT2D eigenvalue weighted by atomic mass is 10.2. The van der Waals surface area contributed by atoms with Crippen molar-refractivity contribution in [2.24, 2.45) is 0 Å². The van der Waals surface area contributed by atoms with Crippen LogP contribution in [0.4, 0.5) is 0 Å². The fraction of sp³-hybridized carbons (Fsp3) is 0.0667. The molecule has 5 heteroatoms. The minimum Gasteiger partial charge on any atom is -0.508 e. The Labute approximate surface area is 120 Å². The number of rotatable bonds is 3. The van der Waals surface area contributed by atoms with Crippen LogP contribution < -0.4 is 4.74 Å². The van der Waals surface area contributed by atoms with Crippen LogP contribution in [0, 0.1) is 0 Å². The van der Waals surface area contributed by atoms with Gasteiger partial charge in [0.1, 0.15) is 11.5 Å². The van der Waals surface area contributed by atoms with Crippen LogP contribution in [0.5, 0.6) is 11.5 Å². The second-order valence-electron chi connectivity index (χ2n) is 3.97. The van der Waals surface area contributed by atoms with Gasteiger partial charge in [-0.15, -0.1) is 0 Å². The monoisotopic (exact) mass is 288 g/mol. The van der Waals surface area contributed by atoms with Crippen molar-refractivity contribution in [2.45, 2.75) is 11.8 Å². The molecule has 2 aromatic rings. The molecule has 20 heavy (non-hydrogen) atoms. The molecule has 0 radical (unpaired) electrons. The Morgan fingerprint density at radius 3 is 2.35 bits per heavy atom. The highest BCUT2D eigenvalue weighted by Gasteiger charge is 2.14. The fourth-order valence-corrected chi connectivity index (χ4v) is 2.32. The first-order chi connectivity index (χ1) is 9.56. The van der Waals surface area contributed by atoms with Crippen LogP contribution in [-0.2, 0) is 4.79 Å². The number of phenolic OH excluding ortho intramolecular Hbond substituents is 1. The summed E-state index contributed by atoms with van der Waals surface area (Å²) in [6.45, 7) is 1.29. The summed E-state index contributed by atoms with van der Waals surface area (Å²) in [5.74, 6) is -0.0849. The van der Waals surface area contributed by atoms with Gasteiger partial charge in [-0.1, -0.05) is 12.1 Å². The largest absolute Gasteiger partial charge is 0.508 e. The highest BCUT2D eigenvalue weighted by atomic mass is 32.2. The van der Waals surface area contributed by atoms with Crippen LogP contribution >= 0.6 is 11.8 Å². The zero-order chi connectivity index (χ0) is 14.5. The van der Waals surface area contributed by atoms with Crippen LogP contribution in [0.15, 0.2) is 53.4 Å². The van der Waals surface area contributed by atoms with Gasteiger partial charge in [0.2, 0.25) is 5.12 Å². The zero-order valence-corrected chi connectivity index (χ0v) is 11.5. The van der Waals surface area contributed by atoms with Crippen molar-refractivity contribution >= 4 is 22.8 Å². The molecule has 0 aliphatic heterocycles. The Kier molecular flexibility index (Phi) is 4.42. The van der Waals surface area contributed by atoms with E-state index in [4.69, 9.17) is 4.74 Å². The van der Waals surface area contributed by atoms with Gasteiger partial charge in [0.15, 0.2) is 0 Å². The molecule has 2 rings (SSSR count). The molecule has 0 saturated heterocycles. The molecule has 0 aromatic heterocycles. The van der Waals surface area contributed by atoms with Gasteiger partial charge in [-0.3, -0.25) is 9.59 Å². The van der Waals surface area contributed by atoms with Crippen molar-refractivity contribution in [3.8, 4) is 11.5 Å². The van der Waals surface area contributed by atoms with Crippen LogP contribution in [0.2, 0.25) is 0 Å². The minimum absolute atomic E-state index is 0.141. The van der Waals surface area contributed by atoms with Gasteiger partial charge in [-0.2, -0.15) is 0 Å². The molecule has 0 aliphatic carbocycles. The number of hydrogen-bond acceptors (Lipinski definition) is 5. The van der Waals surface area contributed by atoms with E-state index < -0.39 is 5.97 Å². The number of benzene rings is 2. The second kappa shape index (κ2) is 6.25. The van der Waals surface area contributed by atoms with E-state index in [9.17, 15) is 14.7 Å². The van der Waals surface area contributed by atoms with E-state index in [1.54, 1.807) is 36.4 Å². The third-order valence-electron chi connectivity index (χ3n) is 2.41. The highest BCUT2D eigenvalue weighted by molar-refractivity contribution is 8.14. The molecule has 0 aliphatic rings. The molecule has 0 fully saturated rings. The first-order valence-corrected chi connectivity index (χ1v) is 6.66.